The first-order valence-electron chi connectivity index (χ1n) is 13.6. The Balaban J connectivity index is 1.58. The van der Waals surface area contributed by atoms with Gasteiger partial charge in [0.25, 0.3) is 5.91 Å². The number of rotatable bonds is 5. The number of hydrogen-bond donors (Lipinski definition) is 5. The van der Waals surface area contributed by atoms with Gasteiger partial charge in [0.1, 0.15) is 22.8 Å². The van der Waals surface area contributed by atoms with Gasteiger partial charge in [-0.2, -0.15) is 13.2 Å². The first-order chi connectivity index (χ1) is 19.6. The van der Waals surface area contributed by atoms with Crippen LogP contribution in [0.1, 0.15) is 36.0 Å². The van der Waals surface area contributed by atoms with E-state index in [1.165, 1.54) is 25.1 Å². The number of aliphatic hydroxyl groups is 3. The molecule has 0 unspecified atom stereocenters. The number of ketones is 2. The van der Waals surface area contributed by atoms with Crippen LogP contribution in [0.15, 0.2) is 35.1 Å². The summed E-state index contributed by atoms with van der Waals surface area (Å²) in [4.78, 5) is 42.4. The van der Waals surface area contributed by atoms with Crippen molar-refractivity contribution >= 4 is 28.8 Å². The zero-order valence-electron chi connectivity index (χ0n) is 23.0. The number of aromatic hydroxyl groups is 1. The highest BCUT2D eigenvalue weighted by Crippen LogP contribution is 2.53. The largest absolute Gasteiger partial charge is 0.508 e. The van der Waals surface area contributed by atoms with Gasteiger partial charge in [0.2, 0.25) is 5.78 Å². The quantitative estimate of drug-likeness (QED) is 0.322. The molecule has 1 heterocycles. The summed E-state index contributed by atoms with van der Waals surface area (Å²) in [6, 6.07) is 1.82. The molecular formula is C29H32F3N3O7. The number of benzene rings is 1. The van der Waals surface area contributed by atoms with Gasteiger partial charge < -0.3 is 26.2 Å². The van der Waals surface area contributed by atoms with Crippen molar-refractivity contribution < 1.29 is 48.0 Å². The molecule has 1 aromatic carbocycles. The van der Waals surface area contributed by atoms with Crippen molar-refractivity contribution in [3.8, 4) is 5.75 Å². The number of hydrogen-bond acceptors (Lipinski definition) is 9. The first-order valence-corrected chi connectivity index (χ1v) is 13.6. The fraction of sp³-hybridized carbons (Fsp3) is 0.483. The normalized spacial score (nSPS) is 28.5. The number of likely N-dealkylation sites (N-methyl/N-ethyl adjacent to an activating group) is 1. The molecule has 6 N–H and O–H groups in total. The number of phenolic OH excluding ortho intramolecular Hbond substituents is 1. The average molecular weight is 592 g/mol. The minimum atomic E-state index is -4.26. The van der Waals surface area contributed by atoms with Gasteiger partial charge in [0.15, 0.2) is 11.4 Å². The average Bonchev–Trinajstić information content (AvgIpc) is 2.89. The number of carbonyl (C=O) groups excluding carboxylic acids is 3. The summed E-state index contributed by atoms with van der Waals surface area (Å²) in [6.07, 6.45) is -2.85. The SMILES string of the molecule is CN(C)[C@@H]1C(=O)C(C(N)=O)=C(O)[C@@]2(O)C(=O)C3=C(O)c4c(O)ccc(C5=CCN(CCC(F)(F)F)CC5)c4C[C@H]3C[C@@H]12. The molecule has 4 atom stereocenters. The van der Waals surface area contributed by atoms with Gasteiger partial charge in [-0.1, -0.05) is 12.1 Å². The summed E-state index contributed by atoms with van der Waals surface area (Å²) in [5.74, 6) is -7.21. The highest BCUT2D eigenvalue weighted by molar-refractivity contribution is 6.24. The van der Waals surface area contributed by atoms with E-state index in [0.29, 0.717) is 24.1 Å². The van der Waals surface area contributed by atoms with Crippen molar-refractivity contribution in [1.82, 2.24) is 9.80 Å². The smallest absolute Gasteiger partial charge is 0.390 e. The first kappa shape index (κ1) is 29.8. The lowest BCUT2D eigenvalue weighted by molar-refractivity contribution is -0.153. The van der Waals surface area contributed by atoms with Gasteiger partial charge >= 0.3 is 6.18 Å². The maximum atomic E-state index is 13.9. The second-order valence-electron chi connectivity index (χ2n) is 11.6. The van der Waals surface area contributed by atoms with E-state index in [4.69, 9.17) is 5.73 Å². The molecule has 1 fully saturated rings. The third-order valence-corrected chi connectivity index (χ3v) is 8.95. The molecule has 1 amide bonds. The third-order valence-electron chi connectivity index (χ3n) is 8.95. The zero-order valence-corrected chi connectivity index (χ0v) is 23.0. The fourth-order valence-electron chi connectivity index (χ4n) is 6.99. The molecular weight excluding hydrogens is 559 g/mol. The van der Waals surface area contributed by atoms with E-state index in [-0.39, 0.29) is 42.8 Å². The Labute approximate surface area is 239 Å². The predicted molar refractivity (Wildman–Crippen MR) is 144 cm³/mol. The molecule has 0 radical (unpaired) electrons. The summed E-state index contributed by atoms with van der Waals surface area (Å²) < 4.78 is 38.0. The Morgan fingerprint density at radius 3 is 2.45 bits per heavy atom. The number of Topliss-reactive ketones (excluding diaryl/α,β-unsaturated/α-hetero) is 2. The third kappa shape index (κ3) is 4.59. The fourth-order valence-corrected chi connectivity index (χ4v) is 6.99. The molecule has 1 aromatic rings. The number of halogens is 3. The number of primary amides is 1. The Kier molecular flexibility index (Phi) is 7.27. The Morgan fingerprint density at radius 1 is 1.19 bits per heavy atom. The molecule has 4 aliphatic rings. The van der Waals surface area contributed by atoms with Gasteiger partial charge in [0, 0.05) is 31.1 Å². The minimum absolute atomic E-state index is 0.0239. The molecule has 226 valence electrons. The number of phenols is 1. The summed E-state index contributed by atoms with van der Waals surface area (Å²) in [5.41, 5.74) is 3.48. The summed E-state index contributed by atoms with van der Waals surface area (Å²) >= 11 is 0. The van der Waals surface area contributed by atoms with Crippen LogP contribution >= 0.6 is 0 Å². The van der Waals surface area contributed by atoms with Crippen LogP contribution in [-0.2, 0) is 20.8 Å². The predicted octanol–water partition coefficient (Wildman–Crippen LogP) is 2.01. The van der Waals surface area contributed by atoms with Crippen LogP contribution in [0.2, 0.25) is 0 Å². The van der Waals surface area contributed by atoms with Gasteiger partial charge in [-0.25, -0.2) is 0 Å². The van der Waals surface area contributed by atoms with E-state index < -0.39 is 70.6 Å². The number of nitrogens with two attached hydrogens (primary N) is 1. The highest BCUT2D eigenvalue weighted by Gasteiger charge is 2.64. The second-order valence-corrected chi connectivity index (χ2v) is 11.6. The maximum absolute atomic E-state index is 13.9. The number of amides is 1. The summed E-state index contributed by atoms with van der Waals surface area (Å²) in [7, 11) is 3.05. The molecule has 3 aliphatic carbocycles. The van der Waals surface area contributed by atoms with E-state index in [2.05, 4.69) is 0 Å². The van der Waals surface area contributed by atoms with Crippen molar-refractivity contribution in [1.29, 1.82) is 0 Å². The Bertz CT molecular complexity index is 1480. The van der Waals surface area contributed by atoms with Crippen molar-refractivity contribution in [2.45, 2.75) is 43.5 Å². The topological polar surface area (TPSA) is 165 Å². The maximum Gasteiger partial charge on any atom is 0.390 e. The molecule has 0 saturated heterocycles. The van der Waals surface area contributed by atoms with E-state index in [0.717, 1.165) is 5.57 Å². The van der Waals surface area contributed by atoms with Crippen LogP contribution < -0.4 is 5.73 Å². The number of aliphatic hydroxyl groups excluding tert-OH is 2. The van der Waals surface area contributed by atoms with Crippen molar-refractivity contribution in [2.75, 3.05) is 33.7 Å². The van der Waals surface area contributed by atoms with Crippen LogP contribution in [0.25, 0.3) is 11.3 Å². The standard InChI is InChI=1S/C29H32F3N3O7/c1-34(2)22-17-12-14-11-16-15(13-5-8-35(9-6-13)10-7-28(30,31)32)3-4-18(36)20(16)23(37)19(14)25(39)29(17,42)26(40)21(24(22)38)27(33)41/h3-5,14,17,22,36-37,40,42H,6-12H2,1-2H3,(H2,33,41)/t14-,17-,22-,29-/m0/s1. The lowest BCUT2D eigenvalue weighted by Crippen LogP contribution is -2.65. The van der Waals surface area contributed by atoms with Gasteiger partial charge in [-0.3, -0.25) is 24.2 Å². The van der Waals surface area contributed by atoms with Gasteiger partial charge in [-0.05, 0) is 62.0 Å². The number of nitrogens with zero attached hydrogens (tertiary/aromatic N) is 2. The molecule has 5 rings (SSSR count). The van der Waals surface area contributed by atoms with Crippen molar-refractivity contribution in [3.05, 3.63) is 51.8 Å². The molecule has 13 heteroatoms. The minimum Gasteiger partial charge on any atom is -0.508 e. The lowest BCUT2D eigenvalue weighted by Gasteiger charge is -2.50. The molecule has 42 heavy (non-hydrogen) atoms. The molecule has 1 aliphatic heterocycles. The van der Waals surface area contributed by atoms with Crippen LogP contribution in [-0.4, -0.2) is 99.2 Å². The second kappa shape index (κ2) is 10.2. The molecule has 1 saturated carbocycles. The Morgan fingerprint density at radius 2 is 1.88 bits per heavy atom. The summed E-state index contributed by atoms with van der Waals surface area (Å²) in [6.45, 7) is 0.528. The zero-order chi connectivity index (χ0) is 30.9. The van der Waals surface area contributed by atoms with E-state index >= 15 is 0 Å². The Hall–Kier alpha value is -3.68. The van der Waals surface area contributed by atoms with E-state index in [9.17, 15) is 48.0 Å². The lowest BCUT2D eigenvalue weighted by atomic mass is 9.57. The van der Waals surface area contributed by atoms with Crippen LogP contribution in [0.5, 0.6) is 5.75 Å². The molecule has 0 aromatic heterocycles. The molecule has 0 spiro atoms. The molecule has 0 bridgehead atoms. The van der Waals surface area contributed by atoms with Crippen LogP contribution in [0.3, 0.4) is 0 Å². The van der Waals surface area contributed by atoms with Crippen LogP contribution in [0, 0.1) is 11.8 Å². The number of alkyl halides is 3. The highest BCUT2D eigenvalue weighted by atomic mass is 19.4. The monoisotopic (exact) mass is 591 g/mol. The number of fused-ring (bicyclic) bond motifs is 3. The summed E-state index contributed by atoms with van der Waals surface area (Å²) in [5, 5.41) is 44.8. The number of carbonyl (C=O) groups is 3. The van der Waals surface area contributed by atoms with E-state index in [1.807, 2.05) is 6.08 Å². The van der Waals surface area contributed by atoms with Crippen molar-refractivity contribution in [2.24, 2.45) is 17.6 Å². The van der Waals surface area contributed by atoms with Crippen molar-refractivity contribution in [3.63, 3.8) is 0 Å². The van der Waals surface area contributed by atoms with Gasteiger partial charge in [0.05, 0.1) is 18.0 Å². The molecule has 10 nitrogen and oxygen atoms in total. The van der Waals surface area contributed by atoms with Gasteiger partial charge in [-0.15, -0.1) is 0 Å². The van der Waals surface area contributed by atoms with Crippen LogP contribution in [0.4, 0.5) is 13.2 Å². The van der Waals surface area contributed by atoms with E-state index in [1.54, 1.807) is 11.0 Å².